The Labute approximate surface area is 335 Å². The predicted molar refractivity (Wildman–Crippen MR) is 241 cm³/mol. The summed E-state index contributed by atoms with van der Waals surface area (Å²) in [6, 6.07) is 54.3. The number of hydrogen-bond acceptors (Lipinski definition) is 0. The molecule has 0 atom stereocenters. The molecule has 0 aliphatic carbocycles. The first kappa shape index (κ1) is 34.8. The van der Waals surface area contributed by atoms with Gasteiger partial charge in [-0.15, -0.1) is 0 Å². The molecule has 8 rings (SSSR count). The van der Waals surface area contributed by atoms with Gasteiger partial charge in [0.2, 0.25) is 0 Å². The lowest BCUT2D eigenvalue weighted by molar-refractivity contribution is 0.956. The Hall–Kier alpha value is -4.26. The first-order valence-corrected chi connectivity index (χ1v) is 20.2. The van der Waals surface area contributed by atoms with E-state index in [0.717, 1.165) is 12.8 Å². The van der Waals surface area contributed by atoms with Crippen LogP contribution in [0, 0.1) is 34.8 Å². The second kappa shape index (κ2) is 14.6. The highest BCUT2D eigenvalue weighted by atomic mass is 127. The van der Waals surface area contributed by atoms with Crippen molar-refractivity contribution in [2.45, 2.75) is 40.5 Å². The van der Waals surface area contributed by atoms with Crippen molar-refractivity contribution in [1.82, 2.24) is 0 Å². The minimum atomic E-state index is 0.908. The van der Waals surface area contributed by atoms with Crippen LogP contribution in [0.15, 0.2) is 146 Å². The van der Waals surface area contributed by atoms with Gasteiger partial charge in [0, 0.05) is 18.3 Å². The third-order valence-corrected chi connectivity index (χ3v) is 12.8. The van der Waals surface area contributed by atoms with Crippen molar-refractivity contribution >= 4 is 66.7 Å². The zero-order valence-electron chi connectivity index (χ0n) is 30.0. The summed E-state index contributed by atoms with van der Waals surface area (Å²) in [4.78, 5) is 0. The molecule has 0 saturated heterocycles. The average Bonchev–Trinajstić information content (AvgIpc) is 3.16. The lowest BCUT2D eigenvalue weighted by Crippen LogP contribution is -2.06. The van der Waals surface area contributed by atoms with E-state index < -0.39 is 0 Å². The summed E-state index contributed by atoms with van der Waals surface area (Å²) in [6.45, 7) is 8.77. The number of hydrogen-bond donors (Lipinski definition) is 0. The van der Waals surface area contributed by atoms with Crippen LogP contribution < -0.4 is 0 Å². The van der Waals surface area contributed by atoms with Gasteiger partial charge in [0.15, 0.2) is 0 Å². The molecular weight excluding hydrogens is 854 g/mol. The molecule has 0 bridgehead atoms. The van der Waals surface area contributed by atoms with E-state index in [2.05, 4.69) is 218 Å². The monoisotopic (exact) mass is 894 g/mol. The Balaban J connectivity index is 1.42. The number of benzene rings is 8. The van der Waals surface area contributed by atoms with Crippen LogP contribution in [0.2, 0.25) is 0 Å². The van der Waals surface area contributed by atoms with Crippen LogP contribution in [-0.4, -0.2) is 0 Å². The molecule has 254 valence electrons. The molecule has 52 heavy (non-hydrogen) atoms. The quantitative estimate of drug-likeness (QED) is 0.140. The maximum absolute atomic E-state index is 2.67. The standard InChI is InChI=1S/C50H40I2/c1-31-15-21-37(22-16-31)47-39-25-19-33(3)29-43(39)45(35-11-7-5-8-12-35)41(49(47)51)27-28-42-46(36-13-9-6-10-14-36)44-30-34(4)20-26-40(44)48(50(42)52)38-23-17-32(2)18-24-38/h5-26,29-30H,27-28H2,1-4H3. The van der Waals surface area contributed by atoms with Gasteiger partial charge >= 0.3 is 0 Å². The lowest BCUT2D eigenvalue weighted by atomic mass is 9.83. The molecule has 0 saturated carbocycles. The lowest BCUT2D eigenvalue weighted by Gasteiger charge is -2.24. The van der Waals surface area contributed by atoms with Crippen LogP contribution in [0.4, 0.5) is 0 Å². The third kappa shape index (κ3) is 6.49. The number of halogens is 2. The molecule has 0 heterocycles. The van der Waals surface area contributed by atoms with Crippen LogP contribution in [0.1, 0.15) is 33.4 Å². The molecule has 0 fully saturated rings. The Bertz CT molecular complexity index is 2400. The zero-order chi connectivity index (χ0) is 35.9. The van der Waals surface area contributed by atoms with Gasteiger partial charge < -0.3 is 0 Å². The predicted octanol–water partition coefficient (Wildman–Crippen LogP) is 14.9. The largest absolute Gasteiger partial charge is 0.0622 e. The number of aryl methyl sites for hydroxylation is 4. The van der Waals surface area contributed by atoms with E-state index in [4.69, 9.17) is 0 Å². The Morgan fingerprint density at radius 3 is 1.02 bits per heavy atom. The molecule has 0 amide bonds. The summed E-state index contributed by atoms with van der Waals surface area (Å²) < 4.78 is 2.67. The normalized spacial score (nSPS) is 11.4. The smallest absolute Gasteiger partial charge is 0.0253 e. The van der Waals surface area contributed by atoms with Crippen molar-refractivity contribution in [3.05, 3.63) is 186 Å². The first-order chi connectivity index (χ1) is 25.3. The summed E-state index contributed by atoms with van der Waals surface area (Å²) in [7, 11) is 0. The summed E-state index contributed by atoms with van der Waals surface area (Å²) in [5, 5.41) is 5.27. The fourth-order valence-corrected chi connectivity index (χ4v) is 10.1. The Morgan fingerprint density at radius 2 is 0.654 bits per heavy atom. The number of rotatable bonds is 7. The highest BCUT2D eigenvalue weighted by Crippen LogP contribution is 2.46. The Kier molecular flexibility index (Phi) is 9.80. The maximum Gasteiger partial charge on any atom is 0.0253 e. The van der Waals surface area contributed by atoms with E-state index in [0.29, 0.717) is 0 Å². The molecule has 0 aliphatic heterocycles. The summed E-state index contributed by atoms with van der Waals surface area (Å²) in [5.74, 6) is 0. The van der Waals surface area contributed by atoms with E-state index in [1.807, 2.05) is 0 Å². The molecule has 0 spiro atoms. The molecule has 0 aromatic heterocycles. The topological polar surface area (TPSA) is 0 Å². The molecular formula is C50H40I2. The van der Waals surface area contributed by atoms with Crippen molar-refractivity contribution in [2.24, 2.45) is 0 Å². The fraction of sp³-hybridized carbons (Fsp3) is 0.120. The van der Waals surface area contributed by atoms with Gasteiger partial charge in [-0.05, 0) is 152 Å². The average molecular weight is 895 g/mol. The summed E-state index contributed by atoms with van der Waals surface area (Å²) in [6.07, 6.45) is 1.82. The third-order valence-electron chi connectivity index (χ3n) is 10.4. The zero-order valence-corrected chi connectivity index (χ0v) is 34.3. The summed E-state index contributed by atoms with van der Waals surface area (Å²) in [5.41, 5.74) is 18.4. The van der Waals surface area contributed by atoms with E-state index in [-0.39, 0.29) is 0 Å². The van der Waals surface area contributed by atoms with E-state index >= 15 is 0 Å². The molecule has 8 aromatic carbocycles. The van der Waals surface area contributed by atoms with Crippen molar-refractivity contribution in [2.75, 3.05) is 0 Å². The highest BCUT2D eigenvalue weighted by Gasteiger charge is 2.24. The first-order valence-electron chi connectivity index (χ1n) is 18.0. The van der Waals surface area contributed by atoms with Crippen molar-refractivity contribution in [3.63, 3.8) is 0 Å². The second-order valence-electron chi connectivity index (χ2n) is 14.1. The van der Waals surface area contributed by atoms with Crippen molar-refractivity contribution in [1.29, 1.82) is 0 Å². The van der Waals surface area contributed by atoms with Gasteiger partial charge in [-0.25, -0.2) is 0 Å². The maximum atomic E-state index is 2.67. The van der Waals surface area contributed by atoms with E-state index in [1.54, 1.807) is 0 Å². The Morgan fingerprint density at radius 1 is 0.327 bits per heavy atom. The number of fused-ring (bicyclic) bond motifs is 2. The van der Waals surface area contributed by atoms with Gasteiger partial charge in [0.1, 0.15) is 0 Å². The van der Waals surface area contributed by atoms with Crippen LogP contribution in [-0.2, 0) is 12.8 Å². The molecule has 8 aromatic rings. The molecule has 0 radical (unpaired) electrons. The highest BCUT2D eigenvalue weighted by molar-refractivity contribution is 14.1. The van der Waals surface area contributed by atoms with Crippen LogP contribution >= 0.6 is 45.2 Å². The van der Waals surface area contributed by atoms with Crippen LogP contribution in [0.3, 0.4) is 0 Å². The molecule has 0 unspecified atom stereocenters. The van der Waals surface area contributed by atoms with Gasteiger partial charge in [0.25, 0.3) is 0 Å². The van der Waals surface area contributed by atoms with E-state index in [9.17, 15) is 0 Å². The van der Waals surface area contributed by atoms with Gasteiger partial charge in [0.05, 0.1) is 0 Å². The minimum Gasteiger partial charge on any atom is -0.0622 e. The van der Waals surface area contributed by atoms with Crippen molar-refractivity contribution < 1.29 is 0 Å². The molecule has 0 aliphatic rings. The SMILES string of the molecule is Cc1ccc(-c2c(I)c(CCc3c(I)c(-c4ccc(C)cc4)c4ccc(C)cc4c3-c3ccccc3)c(-c3ccccc3)c3cc(C)ccc23)cc1. The van der Waals surface area contributed by atoms with Crippen LogP contribution in [0.5, 0.6) is 0 Å². The van der Waals surface area contributed by atoms with Gasteiger partial charge in [-0.2, -0.15) is 0 Å². The summed E-state index contributed by atoms with van der Waals surface area (Å²) >= 11 is 5.34. The molecule has 0 nitrogen and oxygen atoms in total. The fourth-order valence-electron chi connectivity index (χ4n) is 7.84. The minimum absolute atomic E-state index is 0.908. The van der Waals surface area contributed by atoms with Gasteiger partial charge in [-0.3, -0.25) is 0 Å². The van der Waals surface area contributed by atoms with E-state index in [1.165, 1.54) is 107 Å². The van der Waals surface area contributed by atoms with Crippen LogP contribution in [0.25, 0.3) is 66.1 Å². The molecule has 2 heteroatoms. The second-order valence-corrected chi connectivity index (χ2v) is 16.3. The van der Waals surface area contributed by atoms with Crippen molar-refractivity contribution in [3.8, 4) is 44.5 Å². The molecule has 0 N–H and O–H groups in total. The van der Waals surface area contributed by atoms with Gasteiger partial charge in [-0.1, -0.05) is 168 Å².